The van der Waals surface area contributed by atoms with Crippen molar-refractivity contribution in [3.63, 3.8) is 0 Å². The predicted octanol–water partition coefficient (Wildman–Crippen LogP) is 6.45. The smallest absolute Gasteiger partial charge is 0.305 e. The second-order valence-corrected chi connectivity index (χ2v) is 7.16. The molecular formula is C17H33O3P. The highest BCUT2D eigenvalue weighted by atomic mass is 31.2. The molecule has 4 heteroatoms. The Hall–Kier alpha value is -0.330. The fraction of sp³-hybridized carbons (Fsp3) is 0.824. The molecule has 0 radical (unpaired) electrons. The average Bonchev–Trinajstić information content (AvgIpc) is 2.44. The van der Waals surface area contributed by atoms with E-state index in [0.717, 1.165) is 50.3 Å². The summed E-state index contributed by atoms with van der Waals surface area (Å²) in [6.45, 7) is 10.9. The minimum Gasteiger partial charge on any atom is -0.305 e. The van der Waals surface area contributed by atoms with Crippen LogP contribution in [0, 0.1) is 0 Å². The van der Waals surface area contributed by atoms with Gasteiger partial charge in [-0.3, -0.25) is 4.57 Å². The minimum absolute atomic E-state index is 0.394. The lowest BCUT2D eigenvalue weighted by molar-refractivity contribution is 0.225. The molecule has 0 aromatic heterocycles. The molecule has 124 valence electrons. The van der Waals surface area contributed by atoms with Crippen LogP contribution in [0.25, 0.3) is 0 Å². The molecule has 0 saturated heterocycles. The number of rotatable bonds is 12. The van der Waals surface area contributed by atoms with Gasteiger partial charge in [-0.1, -0.05) is 40.0 Å². The molecule has 0 aromatic rings. The zero-order valence-corrected chi connectivity index (χ0v) is 15.4. The molecule has 0 atom stereocenters. The molecule has 0 bridgehead atoms. The van der Waals surface area contributed by atoms with Crippen LogP contribution in [0.15, 0.2) is 16.6 Å². The van der Waals surface area contributed by atoms with E-state index in [1.165, 1.54) is 5.57 Å². The monoisotopic (exact) mass is 316 g/mol. The lowest BCUT2D eigenvalue weighted by atomic mass is 10.1. The first-order chi connectivity index (χ1) is 10.1. The molecule has 0 aliphatic carbocycles. The Morgan fingerprint density at radius 3 is 1.76 bits per heavy atom. The van der Waals surface area contributed by atoms with Gasteiger partial charge in [0.1, 0.15) is 0 Å². The highest BCUT2D eigenvalue weighted by Crippen LogP contribution is 2.57. The Balaban J connectivity index is 5.67. The largest absolute Gasteiger partial charge is 0.364 e. The molecule has 3 nitrogen and oxygen atoms in total. The third-order valence-corrected chi connectivity index (χ3v) is 5.31. The van der Waals surface area contributed by atoms with Crippen molar-refractivity contribution in [2.45, 2.75) is 79.6 Å². The summed E-state index contributed by atoms with van der Waals surface area (Å²) in [6, 6.07) is 0. The Bertz CT molecular complexity index is 363. The zero-order valence-electron chi connectivity index (χ0n) is 14.5. The maximum Gasteiger partial charge on any atom is 0.364 e. The fourth-order valence-electron chi connectivity index (χ4n) is 2.20. The number of unbranched alkanes of at least 4 members (excludes halogenated alkanes) is 1. The third-order valence-electron chi connectivity index (χ3n) is 3.12. The van der Waals surface area contributed by atoms with Crippen LogP contribution in [0.3, 0.4) is 0 Å². The highest BCUT2D eigenvalue weighted by Gasteiger charge is 2.29. The maximum atomic E-state index is 13.0. The van der Waals surface area contributed by atoms with Crippen LogP contribution in [0.4, 0.5) is 0 Å². The normalized spacial score (nSPS) is 11.3. The SMILES string of the molecule is CCCCC(=C=C(CCC)CCC)P(=O)(OCC)OCC. The molecule has 0 aliphatic rings. The van der Waals surface area contributed by atoms with E-state index in [4.69, 9.17) is 9.05 Å². The lowest BCUT2D eigenvalue weighted by Crippen LogP contribution is -1.99. The van der Waals surface area contributed by atoms with E-state index in [-0.39, 0.29) is 0 Å². The zero-order chi connectivity index (χ0) is 16.1. The standard InChI is InChI=1S/C17H33O3P/c1-6-11-14-17(15-16(12-7-2)13-8-3)21(18,19-9-4)20-10-5/h6-14H2,1-5H3. The summed E-state index contributed by atoms with van der Waals surface area (Å²) in [5.41, 5.74) is 4.66. The number of hydrogen-bond acceptors (Lipinski definition) is 3. The van der Waals surface area contributed by atoms with Gasteiger partial charge in [-0.15, -0.1) is 5.73 Å². The summed E-state index contributed by atoms with van der Waals surface area (Å²) in [6.07, 6.45) is 6.94. The van der Waals surface area contributed by atoms with Crippen molar-refractivity contribution in [2.75, 3.05) is 13.2 Å². The van der Waals surface area contributed by atoms with Gasteiger partial charge in [0, 0.05) is 0 Å². The second-order valence-electron chi connectivity index (χ2n) is 5.11. The van der Waals surface area contributed by atoms with Crippen LogP contribution in [0.1, 0.15) is 79.6 Å². The minimum atomic E-state index is -3.18. The van der Waals surface area contributed by atoms with Crippen molar-refractivity contribution in [1.82, 2.24) is 0 Å². The Morgan fingerprint density at radius 2 is 1.38 bits per heavy atom. The van der Waals surface area contributed by atoms with Crippen molar-refractivity contribution in [3.8, 4) is 0 Å². The van der Waals surface area contributed by atoms with Gasteiger partial charge in [-0.2, -0.15) is 0 Å². The van der Waals surface area contributed by atoms with Crippen molar-refractivity contribution in [3.05, 3.63) is 16.6 Å². The van der Waals surface area contributed by atoms with Crippen LogP contribution < -0.4 is 0 Å². The second kappa shape index (κ2) is 12.2. The summed E-state index contributed by atoms with van der Waals surface area (Å²) in [4.78, 5) is 0. The van der Waals surface area contributed by atoms with Crippen LogP contribution >= 0.6 is 7.60 Å². The molecule has 0 aromatic carbocycles. The molecule has 21 heavy (non-hydrogen) atoms. The summed E-state index contributed by atoms with van der Waals surface area (Å²) >= 11 is 0. The van der Waals surface area contributed by atoms with E-state index in [1.807, 2.05) is 13.8 Å². The first kappa shape index (κ1) is 20.7. The van der Waals surface area contributed by atoms with Crippen LogP contribution in [-0.4, -0.2) is 13.2 Å². The first-order valence-electron chi connectivity index (χ1n) is 8.44. The molecule has 0 saturated carbocycles. The Labute approximate surface area is 131 Å². The van der Waals surface area contributed by atoms with Gasteiger partial charge in [0.05, 0.1) is 18.5 Å². The molecular weight excluding hydrogens is 283 g/mol. The van der Waals surface area contributed by atoms with Crippen molar-refractivity contribution in [1.29, 1.82) is 0 Å². The average molecular weight is 316 g/mol. The molecule has 0 aliphatic heterocycles. The fourth-order valence-corrected chi connectivity index (χ4v) is 4.00. The van der Waals surface area contributed by atoms with E-state index in [1.54, 1.807) is 0 Å². The Morgan fingerprint density at radius 1 is 0.857 bits per heavy atom. The molecule has 0 rings (SSSR count). The van der Waals surface area contributed by atoms with Gasteiger partial charge < -0.3 is 9.05 Å². The first-order valence-corrected chi connectivity index (χ1v) is 9.99. The van der Waals surface area contributed by atoms with Crippen molar-refractivity contribution >= 4 is 7.60 Å². The summed E-state index contributed by atoms with van der Waals surface area (Å²) < 4.78 is 24.0. The predicted molar refractivity (Wildman–Crippen MR) is 90.7 cm³/mol. The number of hydrogen-bond donors (Lipinski definition) is 0. The van der Waals surface area contributed by atoms with Crippen molar-refractivity contribution < 1.29 is 13.6 Å². The number of allylic oxidation sites excluding steroid dienone is 1. The van der Waals surface area contributed by atoms with Gasteiger partial charge in [0.15, 0.2) is 0 Å². The quantitative estimate of drug-likeness (QED) is 0.306. The van der Waals surface area contributed by atoms with Gasteiger partial charge in [-0.25, -0.2) is 0 Å². The van der Waals surface area contributed by atoms with E-state index >= 15 is 0 Å². The lowest BCUT2D eigenvalue weighted by Gasteiger charge is -2.19. The topological polar surface area (TPSA) is 35.5 Å². The molecule has 0 spiro atoms. The molecule has 0 fully saturated rings. The van der Waals surface area contributed by atoms with Crippen LogP contribution in [0.5, 0.6) is 0 Å². The van der Waals surface area contributed by atoms with Gasteiger partial charge in [-0.05, 0) is 45.1 Å². The molecule has 0 unspecified atom stereocenters. The van der Waals surface area contributed by atoms with Crippen LogP contribution in [-0.2, 0) is 13.6 Å². The van der Waals surface area contributed by atoms with E-state index in [9.17, 15) is 4.57 Å². The van der Waals surface area contributed by atoms with E-state index < -0.39 is 7.60 Å². The highest BCUT2D eigenvalue weighted by molar-refractivity contribution is 7.58. The Kier molecular flexibility index (Phi) is 12.0. The van der Waals surface area contributed by atoms with Crippen molar-refractivity contribution in [2.24, 2.45) is 0 Å². The van der Waals surface area contributed by atoms with Crippen LogP contribution in [0.2, 0.25) is 0 Å². The summed E-state index contributed by atoms with van der Waals surface area (Å²) in [5.74, 6) is 0. The maximum absolute atomic E-state index is 13.0. The van der Waals surface area contributed by atoms with E-state index in [2.05, 4.69) is 26.5 Å². The van der Waals surface area contributed by atoms with Gasteiger partial charge in [0.25, 0.3) is 0 Å². The van der Waals surface area contributed by atoms with Gasteiger partial charge >= 0.3 is 7.60 Å². The molecule has 0 amide bonds. The molecule has 0 N–H and O–H groups in total. The third kappa shape index (κ3) is 8.02. The molecule has 0 heterocycles. The van der Waals surface area contributed by atoms with E-state index in [0.29, 0.717) is 13.2 Å². The summed E-state index contributed by atoms with van der Waals surface area (Å²) in [5, 5.41) is 0.741. The summed E-state index contributed by atoms with van der Waals surface area (Å²) in [7, 11) is -3.18. The van der Waals surface area contributed by atoms with Gasteiger partial charge in [0.2, 0.25) is 0 Å².